The van der Waals surface area contributed by atoms with Gasteiger partial charge in [0.15, 0.2) is 5.03 Å². The zero-order chi connectivity index (χ0) is 15.7. The van der Waals surface area contributed by atoms with Crippen molar-refractivity contribution in [2.24, 2.45) is 0 Å². The standard InChI is InChI=1S/C11H17F3N4O2S/c1-7(4-11(12,13)14)18-21(19,20)10-8(6-16-17-10)5-15-9-2-3-9/h6-7,9,15,18H,2-5H2,1H3,(H,16,17). The quantitative estimate of drug-likeness (QED) is 0.704. The summed E-state index contributed by atoms with van der Waals surface area (Å²) in [6.07, 6.45) is -2.21. The van der Waals surface area contributed by atoms with E-state index in [4.69, 9.17) is 0 Å². The topological polar surface area (TPSA) is 86.9 Å². The van der Waals surface area contributed by atoms with Crippen LogP contribution in [0.1, 0.15) is 31.7 Å². The predicted octanol–water partition coefficient (Wildman–Crippen LogP) is 1.28. The largest absolute Gasteiger partial charge is 0.390 e. The summed E-state index contributed by atoms with van der Waals surface area (Å²) in [6.45, 7) is 1.48. The molecule has 0 saturated heterocycles. The molecule has 21 heavy (non-hydrogen) atoms. The fourth-order valence-corrected chi connectivity index (χ4v) is 3.29. The number of hydrogen-bond acceptors (Lipinski definition) is 4. The second kappa shape index (κ2) is 5.93. The van der Waals surface area contributed by atoms with Gasteiger partial charge in [-0.1, -0.05) is 0 Å². The van der Waals surface area contributed by atoms with Gasteiger partial charge in [-0.25, -0.2) is 13.1 Å². The van der Waals surface area contributed by atoms with Gasteiger partial charge in [0.1, 0.15) is 0 Å². The van der Waals surface area contributed by atoms with E-state index in [0.717, 1.165) is 12.8 Å². The Morgan fingerprint density at radius 1 is 1.48 bits per heavy atom. The Bertz CT molecular complexity index is 581. The van der Waals surface area contributed by atoms with Crippen LogP contribution in [0.2, 0.25) is 0 Å². The number of aromatic nitrogens is 2. The van der Waals surface area contributed by atoms with Crippen LogP contribution in [-0.2, 0) is 16.6 Å². The van der Waals surface area contributed by atoms with Crippen LogP contribution < -0.4 is 10.0 Å². The highest BCUT2D eigenvalue weighted by molar-refractivity contribution is 7.89. The lowest BCUT2D eigenvalue weighted by Crippen LogP contribution is -2.36. The maximum absolute atomic E-state index is 12.3. The number of hydrogen-bond donors (Lipinski definition) is 3. The molecule has 1 unspecified atom stereocenters. The maximum atomic E-state index is 12.3. The molecule has 1 aliphatic carbocycles. The molecule has 1 aromatic heterocycles. The van der Waals surface area contributed by atoms with Gasteiger partial charge in [0, 0.05) is 24.2 Å². The molecule has 0 spiro atoms. The summed E-state index contributed by atoms with van der Waals surface area (Å²) in [7, 11) is -4.05. The van der Waals surface area contributed by atoms with Crippen molar-refractivity contribution >= 4 is 10.0 Å². The summed E-state index contributed by atoms with van der Waals surface area (Å²) in [5.41, 5.74) is 0.411. The zero-order valence-electron chi connectivity index (χ0n) is 11.4. The fraction of sp³-hybridized carbons (Fsp3) is 0.727. The molecule has 0 aromatic carbocycles. The number of nitrogens with one attached hydrogen (secondary N) is 3. The molecule has 0 radical (unpaired) electrons. The Morgan fingerprint density at radius 2 is 2.14 bits per heavy atom. The molecule has 0 amide bonds. The highest BCUT2D eigenvalue weighted by Gasteiger charge is 2.33. The molecule has 1 saturated carbocycles. The van der Waals surface area contributed by atoms with Crippen molar-refractivity contribution in [2.45, 2.75) is 56.0 Å². The van der Waals surface area contributed by atoms with Crippen molar-refractivity contribution in [1.29, 1.82) is 0 Å². The molecule has 1 fully saturated rings. The van der Waals surface area contributed by atoms with Crippen LogP contribution in [0.4, 0.5) is 13.2 Å². The van der Waals surface area contributed by atoms with E-state index in [1.165, 1.54) is 13.1 Å². The van der Waals surface area contributed by atoms with Crippen molar-refractivity contribution in [1.82, 2.24) is 20.2 Å². The van der Waals surface area contributed by atoms with E-state index in [1.807, 2.05) is 4.72 Å². The molecule has 1 atom stereocenters. The minimum Gasteiger partial charge on any atom is -0.310 e. The van der Waals surface area contributed by atoms with Crippen LogP contribution in [0.15, 0.2) is 11.2 Å². The van der Waals surface area contributed by atoms with Crippen molar-refractivity contribution in [3.05, 3.63) is 11.8 Å². The van der Waals surface area contributed by atoms with E-state index < -0.39 is 28.7 Å². The minimum absolute atomic E-state index is 0.190. The number of alkyl halides is 3. The SMILES string of the molecule is CC(CC(F)(F)F)NS(=O)(=O)c1[nH]ncc1CNC1CC1. The van der Waals surface area contributed by atoms with Gasteiger partial charge in [-0.2, -0.15) is 18.3 Å². The van der Waals surface area contributed by atoms with Crippen LogP contribution in [-0.4, -0.2) is 36.9 Å². The zero-order valence-corrected chi connectivity index (χ0v) is 12.2. The summed E-state index contributed by atoms with van der Waals surface area (Å²) in [5, 5.41) is 8.94. The summed E-state index contributed by atoms with van der Waals surface area (Å²) in [5.74, 6) is 0. The molecule has 0 aliphatic heterocycles. The van der Waals surface area contributed by atoms with Crippen LogP contribution >= 0.6 is 0 Å². The minimum atomic E-state index is -4.42. The van der Waals surface area contributed by atoms with Crippen molar-refractivity contribution in [3.8, 4) is 0 Å². The van der Waals surface area contributed by atoms with Crippen LogP contribution in [0.5, 0.6) is 0 Å². The van der Waals surface area contributed by atoms with E-state index in [-0.39, 0.29) is 5.03 Å². The average Bonchev–Trinajstić information content (AvgIpc) is 2.99. The number of nitrogens with zero attached hydrogens (tertiary/aromatic N) is 1. The summed E-state index contributed by atoms with van der Waals surface area (Å²) < 4.78 is 63.0. The van der Waals surface area contributed by atoms with Crippen LogP contribution in [0.25, 0.3) is 0 Å². The van der Waals surface area contributed by atoms with Gasteiger partial charge in [-0.05, 0) is 19.8 Å². The van der Waals surface area contributed by atoms with Gasteiger partial charge >= 0.3 is 6.18 Å². The smallest absolute Gasteiger partial charge is 0.310 e. The molecule has 1 aromatic rings. The fourth-order valence-electron chi connectivity index (χ4n) is 1.91. The third kappa shape index (κ3) is 4.97. The predicted molar refractivity (Wildman–Crippen MR) is 68.9 cm³/mol. The van der Waals surface area contributed by atoms with Gasteiger partial charge in [-0.15, -0.1) is 0 Å². The van der Waals surface area contributed by atoms with Crippen LogP contribution in [0, 0.1) is 0 Å². The second-order valence-electron chi connectivity index (χ2n) is 5.22. The molecular formula is C11H17F3N4O2S. The second-order valence-corrected chi connectivity index (χ2v) is 6.87. The lowest BCUT2D eigenvalue weighted by Gasteiger charge is -2.16. The Labute approximate surface area is 120 Å². The van der Waals surface area contributed by atoms with Gasteiger partial charge in [-0.3, -0.25) is 5.10 Å². The summed E-state index contributed by atoms with van der Waals surface area (Å²) in [4.78, 5) is 0. The van der Waals surface area contributed by atoms with Gasteiger partial charge in [0.25, 0.3) is 10.0 Å². The van der Waals surface area contributed by atoms with E-state index in [2.05, 4.69) is 15.5 Å². The van der Waals surface area contributed by atoms with Crippen molar-refractivity contribution in [2.75, 3.05) is 0 Å². The Balaban J connectivity index is 2.03. The molecule has 1 heterocycles. The van der Waals surface area contributed by atoms with Crippen LogP contribution in [0.3, 0.4) is 0 Å². The van der Waals surface area contributed by atoms with E-state index >= 15 is 0 Å². The molecule has 2 rings (SSSR count). The maximum Gasteiger partial charge on any atom is 0.390 e. The molecule has 0 bridgehead atoms. The lowest BCUT2D eigenvalue weighted by atomic mass is 10.2. The van der Waals surface area contributed by atoms with E-state index in [9.17, 15) is 21.6 Å². The number of sulfonamides is 1. The molecule has 120 valence electrons. The number of rotatable bonds is 7. The molecule has 1 aliphatic rings. The number of aromatic amines is 1. The average molecular weight is 326 g/mol. The van der Waals surface area contributed by atoms with Gasteiger partial charge in [0.2, 0.25) is 0 Å². The summed E-state index contributed by atoms with van der Waals surface area (Å²) in [6, 6.07) is -0.866. The highest BCUT2D eigenvalue weighted by atomic mass is 32.2. The highest BCUT2D eigenvalue weighted by Crippen LogP contribution is 2.23. The van der Waals surface area contributed by atoms with Crippen molar-refractivity contribution in [3.63, 3.8) is 0 Å². The van der Waals surface area contributed by atoms with Crippen molar-refractivity contribution < 1.29 is 21.6 Å². The molecule has 3 N–H and O–H groups in total. The summed E-state index contributed by atoms with van der Waals surface area (Å²) >= 11 is 0. The first-order valence-electron chi connectivity index (χ1n) is 6.52. The van der Waals surface area contributed by atoms with E-state index in [1.54, 1.807) is 0 Å². The van der Waals surface area contributed by atoms with Gasteiger partial charge in [0.05, 0.1) is 12.6 Å². The number of halogens is 3. The molecule has 6 nitrogen and oxygen atoms in total. The third-order valence-electron chi connectivity index (χ3n) is 3.00. The Kier molecular flexibility index (Phi) is 4.59. The first-order valence-corrected chi connectivity index (χ1v) is 8.00. The Hall–Kier alpha value is -1.13. The van der Waals surface area contributed by atoms with E-state index in [0.29, 0.717) is 18.2 Å². The normalized spacial score (nSPS) is 17.9. The third-order valence-corrected chi connectivity index (χ3v) is 4.60. The molecular weight excluding hydrogens is 309 g/mol. The lowest BCUT2D eigenvalue weighted by molar-refractivity contribution is -0.137. The first-order chi connectivity index (χ1) is 9.67. The molecule has 10 heteroatoms. The van der Waals surface area contributed by atoms with Gasteiger partial charge < -0.3 is 5.32 Å². The monoisotopic (exact) mass is 326 g/mol. The number of H-pyrrole nitrogens is 1. The Morgan fingerprint density at radius 3 is 2.71 bits per heavy atom. The first kappa shape index (κ1) is 16.2.